The fourth-order valence-corrected chi connectivity index (χ4v) is 3.86. The molecule has 2 aromatic rings. The molecule has 2 aromatic carbocycles. The van der Waals surface area contributed by atoms with Gasteiger partial charge in [0.05, 0.1) is 17.9 Å². The van der Waals surface area contributed by atoms with Crippen molar-refractivity contribution in [2.45, 2.75) is 38.2 Å². The van der Waals surface area contributed by atoms with E-state index in [0.29, 0.717) is 16.9 Å². The molecule has 1 atom stereocenters. The van der Waals surface area contributed by atoms with Gasteiger partial charge in [-0.25, -0.2) is 13.1 Å². The first-order valence-electron chi connectivity index (χ1n) is 8.25. The van der Waals surface area contributed by atoms with E-state index in [1.54, 1.807) is 54.6 Å². The molecule has 7 heteroatoms. The Kier molecular flexibility index (Phi) is 6.76. The van der Waals surface area contributed by atoms with Crippen molar-refractivity contribution >= 4 is 16.0 Å². The summed E-state index contributed by atoms with van der Waals surface area (Å²) >= 11 is 0. The van der Waals surface area contributed by atoms with Crippen molar-refractivity contribution in [1.29, 1.82) is 0 Å². The number of sulfonamides is 1. The van der Waals surface area contributed by atoms with E-state index in [0.717, 1.165) is 0 Å². The number of rotatable bonds is 9. The Labute approximate surface area is 153 Å². The Morgan fingerprint density at radius 2 is 1.69 bits per heavy atom. The van der Waals surface area contributed by atoms with Crippen LogP contribution < -0.4 is 14.6 Å². The number of aliphatic carboxylic acids is 1. The van der Waals surface area contributed by atoms with Gasteiger partial charge in [0.2, 0.25) is 10.0 Å². The highest BCUT2D eigenvalue weighted by molar-refractivity contribution is 7.88. The van der Waals surface area contributed by atoms with Crippen LogP contribution >= 0.6 is 0 Å². The van der Waals surface area contributed by atoms with Crippen LogP contribution in [0.25, 0.3) is 0 Å². The lowest BCUT2D eigenvalue weighted by Crippen LogP contribution is -2.34. The lowest BCUT2D eigenvalue weighted by molar-refractivity contribution is -0.306. The molecule has 0 radical (unpaired) electrons. The monoisotopic (exact) mass is 376 g/mol. The molecular weight excluding hydrogens is 354 g/mol. The number of nitrogens with one attached hydrogen (secondary N) is 1. The molecule has 0 saturated carbocycles. The summed E-state index contributed by atoms with van der Waals surface area (Å²) in [5.41, 5.74) is 1.15. The van der Waals surface area contributed by atoms with Crippen LogP contribution in [0.15, 0.2) is 54.6 Å². The number of carboxylic acids is 1. The van der Waals surface area contributed by atoms with Gasteiger partial charge in [0.25, 0.3) is 0 Å². The third-order valence-electron chi connectivity index (χ3n) is 3.55. The second kappa shape index (κ2) is 8.82. The van der Waals surface area contributed by atoms with Crippen molar-refractivity contribution < 1.29 is 23.1 Å². The van der Waals surface area contributed by atoms with E-state index in [1.165, 1.54) is 0 Å². The van der Waals surface area contributed by atoms with Crippen molar-refractivity contribution in [3.8, 4) is 5.75 Å². The number of ether oxygens (including phenoxy) is 1. The fraction of sp³-hybridized carbons (Fsp3) is 0.316. The predicted molar refractivity (Wildman–Crippen MR) is 96.8 cm³/mol. The number of benzene rings is 2. The standard InChI is InChI=1S/C19H23NO5S/c1-14(2)25-17-10-8-16(9-11-17)18(12-19(21)22)20-26(23,24)13-15-6-4-3-5-7-15/h3-11,14,18,20H,12-13H2,1-2H3,(H,21,22)/p-1/t18-/m0/s1. The molecule has 140 valence electrons. The van der Waals surface area contributed by atoms with Gasteiger partial charge < -0.3 is 14.6 Å². The summed E-state index contributed by atoms with van der Waals surface area (Å²) in [6, 6.07) is 14.4. The number of carbonyl (C=O) groups excluding carboxylic acids is 1. The molecule has 0 aliphatic rings. The van der Waals surface area contributed by atoms with Gasteiger partial charge in [0, 0.05) is 12.4 Å². The van der Waals surface area contributed by atoms with Gasteiger partial charge in [-0.1, -0.05) is 42.5 Å². The summed E-state index contributed by atoms with van der Waals surface area (Å²) in [6.07, 6.45) is -0.456. The van der Waals surface area contributed by atoms with Gasteiger partial charge >= 0.3 is 0 Å². The smallest absolute Gasteiger partial charge is 0.216 e. The molecular formula is C19H22NO5S-. The molecule has 0 fully saturated rings. The molecule has 2 rings (SSSR count). The van der Waals surface area contributed by atoms with Crippen LogP contribution in [-0.4, -0.2) is 20.5 Å². The lowest BCUT2D eigenvalue weighted by Gasteiger charge is -2.20. The molecule has 1 N–H and O–H groups in total. The Morgan fingerprint density at radius 1 is 1.08 bits per heavy atom. The zero-order valence-corrected chi connectivity index (χ0v) is 15.5. The summed E-state index contributed by atoms with van der Waals surface area (Å²) in [5.74, 6) is -0.936. The molecule has 0 spiro atoms. The minimum absolute atomic E-state index is 0.00393. The van der Waals surface area contributed by atoms with Crippen LogP contribution in [0.1, 0.15) is 37.4 Å². The first-order chi connectivity index (χ1) is 12.2. The zero-order valence-electron chi connectivity index (χ0n) is 14.7. The predicted octanol–water partition coefficient (Wildman–Crippen LogP) is 1.77. The molecule has 0 amide bonds. The minimum Gasteiger partial charge on any atom is -0.550 e. The molecule has 26 heavy (non-hydrogen) atoms. The maximum absolute atomic E-state index is 12.4. The third kappa shape index (κ3) is 6.50. The van der Waals surface area contributed by atoms with E-state index in [4.69, 9.17) is 4.74 Å². The maximum atomic E-state index is 12.4. The van der Waals surface area contributed by atoms with Gasteiger partial charge in [0.1, 0.15) is 5.75 Å². The highest BCUT2D eigenvalue weighted by Crippen LogP contribution is 2.22. The van der Waals surface area contributed by atoms with E-state index in [9.17, 15) is 18.3 Å². The third-order valence-corrected chi connectivity index (χ3v) is 4.90. The van der Waals surface area contributed by atoms with Crippen molar-refractivity contribution in [2.75, 3.05) is 0 Å². The summed E-state index contributed by atoms with van der Waals surface area (Å²) in [7, 11) is -3.73. The normalized spacial score (nSPS) is 12.7. The maximum Gasteiger partial charge on any atom is 0.216 e. The van der Waals surface area contributed by atoms with Gasteiger partial charge in [-0.3, -0.25) is 0 Å². The van der Waals surface area contributed by atoms with Crippen LogP contribution in [0.3, 0.4) is 0 Å². The first kappa shape index (κ1) is 19.9. The average molecular weight is 376 g/mol. The van der Waals surface area contributed by atoms with Gasteiger partial charge in [-0.2, -0.15) is 0 Å². The first-order valence-corrected chi connectivity index (χ1v) is 9.91. The largest absolute Gasteiger partial charge is 0.550 e. The quantitative estimate of drug-likeness (QED) is 0.720. The molecule has 0 bridgehead atoms. The minimum atomic E-state index is -3.73. The van der Waals surface area contributed by atoms with Crippen LogP contribution in [0.5, 0.6) is 5.75 Å². The number of carbonyl (C=O) groups is 1. The molecule has 0 aromatic heterocycles. The van der Waals surface area contributed by atoms with E-state index >= 15 is 0 Å². The summed E-state index contributed by atoms with van der Waals surface area (Å²) in [4.78, 5) is 11.1. The highest BCUT2D eigenvalue weighted by Gasteiger charge is 2.20. The van der Waals surface area contributed by atoms with Gasteiger partial charge in [0.15, 0.2) is 0 Å². The fourth-order valence-electron chi connectivity index (χ4n) is 2.50. The van der Waals surface area contributed by atoms with E-state index in [1.807, 2.05) is 13.8 Å². The van der Waals surface area contributed by atoms with Gasteiger partial charge in [-0.15, -0.1) is 0 Å². The number of carboxylic acid groups (broad SMARTS) is 1. The molecule has 0 aliphatic heterocycles. The Morgan fingerprint density at radius 3 is 2.23 bits per heavy atom. The van der Waals surface area contributed by atoms with Crippen LogP contribution in [0.4, 0.5) is 0 Å². The topological polar surface area (TPSA) is 95.5 Å². The van der Waals surface area contributed by atoms with Crippen molar-refractivity contribution in [3.05, 3.63) is 65.7 Å². The van der Waals surface area contributed by atoms with E-state index < -0.39 is 28.5 Å². The van der Waals surface area contributed by atoms with E-state index in [2.05, 4.69) is 4.72 Å². The van der Waals surface area contributed by atoms with Crippen molar-refractivity contribution in [1.82, 2.24) is 4.72 Å². The molecule has 0 unspecified atom stereocenters. The highest BCUT2D eigenvalue weighted by atomic mass is 32.2. The van der Waals surface area contributed by atoms with Crippen molar-refractivity contribution in [3.63, 3.8) is 0 Å². The Hall–Kier alpha value is -2.38. The van der Waals surface area contributed by atoms with Crippen LogP contribution in [-0.2, 0) is 20.6 Å². The molecule has 0 heterocycles. The second-order valence-corrected chi connectivity index (χ2v) is 7.98. The van der Waals surface area contributed by atoms with Gasteiger partial charge in [-0.05, 0) is 37.1 Å². The summed E-state index contributed by atoms with van der Waals surface area (Å²) < 4.78 is 32.9. The average Bonchev–Trinajstić information content (AvgIpc) is 2.54. The Bertz CT molecular complexity index is 817. The SMILES string of the molecule is CC(C)Oc1ccc([C@H](CC(=O)[O-])NS(=O)(=O)Cc2ccccc2)cc1. The number of hydrogen-bond acceptors (Lipinski definition) is 5. The summed E-state index contributed by atoms with van der Waals surface area (Å²) in [6.45, 7) is 3.79. The van der Waals surface area contributed by atoms with E-state index in [-0.39, 0.29) is 11.9 Å². The molecule has 6 nitrogen and oxygen atoms in total. The lowest BCUT2D eigenvalue weighted by atomic mass is 10.0. The second-order valence-electron chi connectivity index (χ2n) is 6.23. The zero-order chi connectivity index (χ0) is 19.2. The number of hydrogen-bond donors (Lipinski definition) is 1. The Balaban J connectivity index is 2.17. The van der Waals surface area contributed by atoms with Crippen molar-refractivity contribution in [2.24, 2.45) is 0 Å². The molecule has 0 aliphatic carbocycles. The molecule has 0 saturated heterocycles. The summed E-state index contributed by atoms with van der Waals surface area (Å²) in [5, 5.41) is 11.1. The van der Waals surface area contributed by atoms with Crippen LogP contribution in [0, 0.1) is 0 Å². The van der Waals surface area contributed by atoms with Crippen LogP contribution in [0.2, 0.25) is 0 Å².